The molecule has 0 fully saturated rings. The number of carbonyl (C=O) groups excluding carboxylic acids is 4. The van der Waals surface area contributed by atoms with E-state index in [1.165, 1.54) is 12.2 Å². The van der Waals surface area contributed by atoms with Gasteiger partial charge in [-0.2, -0.15) is 0 Å². The smallest absolute Gasteiger partial charge is 0.330 e. The van der Waals surface area contributed by atoms with E-state index in [0.717, 1.165) is 28.1 Å². The van der Waals surface area contributed by atoms with Crippen LogP contribution in [0.25, 0.3) is 0 Å². The van der Waals surface area contributed by atoms with Gasteiger partial charge in [0.1, 0.15) is 26.3 Å². The minimum Gasteiger partial charge on any atom is -1.00 e. The normalized spacial score (nSPS) is 9.64. The fourth-order valence-electron chi connectivity index (χ4n) is 1.21. The Bertz CT molecular complexity index is 642. The Hall–Kier alpha value is -2.95. The largest absolute Gasteiger partial charge is 1.00 e. The van der Waals surface area contributed by atoms with E-state index in [4.69, 9.17) is 9.47 Å². The van der Waals surface area contributed by atoms with Crippen molar-refractivity contribution in [3.8, 4) is 0 Å². The fourth-order valence-corrected chi connectivity index (χ4v) is 1.21. The number of quaternary nitrogens is 2. The van der Waals surface area contributed by atoms with E-state index in [0.29, 0.717) is 13.2 Å². The lowest BCUT2D eigenvalue weighted by molar-refractivity contribution is -0.870. The summed E-state index contributed by atoms with van der Waals surface area (Å²) in [7, 11) is 12.3. The van der Waals surface area contributed by atoms with Crippen molar-refractivity contribution >= 4 is 23.8 Å². The molecule has 0 aromatic rings. The monoisotopic (exact) mass is 491 g/mol. The average molecular weight is 492 g/mol. The van der Waals surface area contributed by atoms with Crippen LogP contribution in [-0.2, 0) is 28.7 Å². The van der Waals surface area contributed by atoms with E-state index < -0.39 is 17.6 Å². The second-order valence-corrected chi connectivity index (χ2v) is 8.23. The van der Waals surface area contributed by atoms with Gasteiger partial charge in [-0.15, -0.1) is 0 Å². The highest BCUT2D eigenvalue weighted by Gasteiger charge is 2.07. The highest BCUT2D eigenvalue weighted by Crippen LogP contribution is 1.90. The number of esters is 2. The molecule has 0 radical (unpaired) electrons. The highest BCUT2D eigenvalue weighted by atomic mass is 35.5. The molecule has 0 aliphatic carbocycles. The molecule has 0 aliphatic rings. The molecule has 11 heteroatoms. The molecular weight excluding hydrogens is 454 g/mol. The number of amides is 1. The third kappa shape index (κ3) is 33.9. The summed E-state index contributed by atoms with van der Waals surface area (Å²) in [4.78, 5) is 41.3. The summed E-state index contributed by atoms with van der Waals surface area (Å²) >= 11 is 0. The van der Waals surface area contributed by atoms with Gasteiger partial charge in [-0.3, -0.25) is 4.79 Å². The number of nitrogens with one attached hydrogen (secondary N) is 1. The molecule has 0 saturated carbocycles. The number of hydrogen-bond acceptors (Lipinski definition) is 7. The Morgan fingerprint density at radius 2 is 1.12 bits per heavy atom. The Labute approximate surface area is 203 Å². The van der Waals surface area contributed by atoms with Crippen molar-refractivity contribution < 1.29 is 55.1 Å². The number of carboxylic acid groups (broad SMARTS) is 1. The molecule has 1 amide bonds. The van der Waals surface area contributed by atoms with Crippen LogP contribution in [0.5, 0.6) is 0 Å². The number of nitrogens with zero attached hydrogens (tertiary/aromatic N) is 2. The van der Waals surface area contributed by atoms with Crippen molar-refractivity contribution in [2.45, 2.75) is 0 Å². The minimum absolute atomic E-state index is 0. The topological polar surface area (TPSA) is 122 Å². The standard InChI is InChI=1S/2C8H16NO2.C6H7NO3.ClH/c2*1-5-8(10)11-7-6-9(2,3)4;1-3-5(8)7-4(2)6(9)10;/h2*5H,1,6-7H2,2-4H3;3H,1-2H2,(H,7,8)(H,9,10);1H/q2*+1;;/p-2. The Morgan fingerprint density at radius 3 is 1.33 bits per heavy atom. The molecular formula is C22H38ClN3O7. The number of rotatable bonds is 11. The number of carboxylic acids is 1. The number of likely N-dealkylation sites (N-methyl/N-ethyl adjacent to an activating group) is 2. The molecule has 0 rings (SSSR count). The van der Waals surface area contributed by atoms with E-state index >= 15 is 0 Å². The van der Waals surface area contributed by atoms with Gasteiger partial charge in [-0.25, -0.2) is 9.59 Å². The van der Waals surface area contributed by atoms with Crippen LogP contribution in [-0.4, -0.2) is 101 Å². The molecule has 0 aromatic carbocycles. The van der Waals surface area contributed by atoms with E-state index in [1.54, 1.807) is 0 Å². The van der Waals surface area contributed by atoms with Gasteiger partial charge in [0, 0.05) is 12.2 Å². The third-order valence-corrected chi connectivity index (χ3v) is 3.05. The summed E-state index contributed by atoms with van der Waals surface area (Å²) in [6.45, 7) is 15.2. The van der Waals surface area contributed by atoms with Gasteiger partial charge < -0.3 is 46.1 Å². The molecule has 33 heavy (non-hydrogen) atoms. The first-order valence-corrected chi connectivity index (χ1v) is 9.52. The zero-order valence-electron chi connectivity index (χ0n) is 20.5. The number of ether oxygens (including phenoxy) is 2. The Kier molecular flexibility index (Phi) is 22.3. The maximum atomic E-state index is 10.6. The molecule has 0 atom stereocenters. The maximum Gasteiger partial charge on any atom is 0.330 e. The predicted octanol–water partition coefficient (Wildman–Crippen LogP) is -3.60. The molecule has 0 bridgehead atoms. The van der Waals surface area contributed by atoms with Gasteiger partial charge in [0.05, 0.1) is 54.0 Å². The summed E-state index contributed by atoms with van der Waals surface area (Å²) in [6.07, 6.45) is 3.29. The lowest BCUT2D eigenvalue weighted by atomic mass is 10.4. The van der Waals surface area contributed by atoms with Crippen LogP contribution in [0, 0.1) is 0 Å². The third-order valence-electron chi connectivity index (χ3n) is 3.05. The fraction of sp³-hybridized carbons (Fsp3) is 0.455. The van der Waals surface area contributed by atoms with Gasteiger partial charge in [-0.05, 0) is 6.08 Å². The van der Waals surface area contributed by atoms with E-state index in [1.807, 2.05) is 47.6 Å². The van der Waals surface area contributed by atoms with Crippen molar-refractivity contribution in [2.24, 2.45) is 0 Å². The first-order valence-electron chi connectivity index (χ1n) is 9.52. The summed E-state index contributed by atoms with van der Waals surface area (Å²) in [5, 5.41) is 11.8. The average Bonchev–Trinajstić information content (AvgIpc) is 2.66. The molecule has 0 saturated heterocycles. The first-order chi connectivity index (χ1) is 14.5. The predicted molar refractivity (Wildman–Crippen MR) is 121 cm³/mol. The summed E-state index contributed by atoms with van der Waals surface area (Å²) in [5.41, 5.74) is -0.468. The Morgan fingerprint density at radius 1 is 0.788 bits per heavy atom. The second kappa shape index (κ2) is 19.7. The van der Waals surface area contributed by atoms with Gasteiger partial charge >= 0.3 is 11.9 Å². The molecule has 10 nitrogen and oxygen atoms in total. The first kappa shape index (κ1) is 37.4. The van der Waals surface area contributed by atoms with Crippen LogP contribution in [0.4, 0.5) is 0 Å². The maximum absolute atomic E-state index is 10.6. The van der Waals surface area contributed by atoms with Crippen molar-refractivity contribution in [3.63, 3.8) is 0 Å². The lowest BCUT2D eigenvalue weighted by Crippen LogP contribution is -3.00. The van der Waals surface area contributed by atoms with E-state index in [9.17, 15) is 24.3 Å². The SMILES string of the molecule is C=CC(=O)NC(=C)C(=O)[O-].C=CC(=O)OCC[N+](C)(C)C.C=CC(=O)OCC[N+](C)(C)C.[Cl-]. The van der Waals surface area contributed by atoms with Gasteiger partial charge in [-0.1, -0.05) is 26.3 Å². The van der Waals surface area contributed by atoms with Gasteiger partial charge in [0.25, 0.3) is 0 Å². The summed E-state index contributed by atoms with van der Waals surface area (Å²) in [5.74, 6) is -2.82. The Balaban J connectivity index is -0.000000189. The summed E-state index contributed by atoms with van der Waals surface area (Å²) in [6, 6.07) is 0. The zero-order valence-corrected chi connectivity index (χ0v) is 21.3. The van der Waals surface area contributed by atoms with E-state index in [2.05, 4.69) is 26.3 Å². The number of carbonyl (C=O) groups is 4. The second-order valence-electron chi connectivity index (χ2n) is 8.23. The van der Waals surface area contributed by atoms with Crippen molar-refractivity contribution in [1.29, 1.82) is 0 Å². The van der Waals surface area contributed by atoms with Crippen molar-refractivity contribution in [3.05, 3.63) is 50.2 Å². The molecule has 0 unspecified atom stereocenters. The number of hydrogen-bond donors (Lipinski definition) is 1. The van der Waals surface area contributed by atoms with Crippen LogP contribution in [0.1, 0.15) is 0 Å². The van der Waals surface area contributed by atoms with Crippen molar-refractivity contribution in [2.75, 3.05) is 68.6 Å². The van der Waals surface area contributed by atoms with Crippen molar-refractivity contribution in [1.82, 2.24) is 5.32 Å². The molecule has 0 aliphatic heterocycles. The molecule has 190 valence electrons. The quantitative estimate of drug-likeness (QED) is 0.180. The van der Waals surface area contributed by atoms with Gasteiger partial charge in [0.15, 0.2) is 0 Å². The van der Waals surface area contributed by atoms with Crippen LogP contribution in [0.2, 0.25) is 0 Å². The lowest BCUT2D eigenvalue weighted by Gasteiger charge is -2.23. The van der Waals surface area contributed by atoms with Crippen LogP contribution < -0.4 is 22.8 Å². The highest BCUT2D eigenvalue weighted by molar-refractivity contribution is 5.95. The van der Waals surface area contributed by atoms with Crippen LogP contribution in [0.15, 0.2) is 50.2 Å². The minimum atomic E-state index is -1.50. The molecule has 0 spiro atoms. The number of aliphatic carboxylic acids is 1. The summed E-state index contributed by atoms with van der Waals surface area (Å²) < 4.78 is 11.2. The zero-order chi connectivity index (χ0) is 26.0. The number of halogens is 1. The molecule has 0 heterocycles. The van der Waals surface area contributed by atoms with Gasteiger partial charge in [0.2, 0.25) is 5.91 Å². The molecule has 1 N–H and O–H groups in total. The molecule has 0 aromatic heterocycles. The van der Waals surface area contributed by atoms with Crippen LogP contribution >= 0.6 is 0 Å². The van der Waals surface area contributed by atoms with E-state index in [-0.39, 0.29) is 24.3 Å². The van der Waals surface area contributed by atoms with Crippen LogP contribution in [0.3, 0.4) is 0 Å².